The lowest BCUT2D eigenvalue weighted by molar-refractivity contribution is -0.148. The van der Waals surface area contributed by atoms with Crippen LogP contribution in [0.4, 0.5) is 0 Å². The molecule has 0 aliphatic heterocycles. The maximum Gasteiger partial charge on any atom is 0.322 e. The van der Waals surface area contributed by atoms with Gasteiger partial charge in [0, 0.05) is 6.42 Å². The molecular weight excluding hydrogens is 172 g/mol. The molecule has 0 atom stereocenters. The topological polar surface area (TPSA) is 63.6 Å². The number of rotatable bonds is 5. The highest BCUT2D eigenvalue weighted by molar-refractivity contribution is 5.90. The number of carboxylic acid groups (broad SMARTS) is 1. The number of aliphatic carboxylic acids is 1. The normalized spacial score (nSPS) is 11.1. The van der Waals surface area contributed by atoms with E-state index in [2.05, 4.69) is 0 Å². The van der Waals surface area contributed by atoms with E-state index >= 15 is 0 Å². The quantitative estimate of drug-likeness (QED) is 0.403. The number of allylic oxidation sites excluding steroid dienone is 2. The summed E-state index contributed by atoms with van der Waals surface area (Å²) in [5.41, 5.74) is 0. The van der Waals surface area contributed by atoms with Gasteiger partial charge < -0.3 is 9.84 Å². The van der Waals surface area contributed by atoms with E-state index in [9.17, 15) is 9.59 Å². The highest BCUT2D eigenvalue weighted by Crippen LogP contribution is 2.05. The molecule has 74 valence electrons. The van der Waals surface area contributed by atoms with Crippen LogP contribution in [0.1, 0.15) is 33.1 Å². The molecule has 0 saturated heterocycles. The minimum atomic E-state index is -1.17. The standard InChI is InChI=1S/C9H14O4/c1-3-5-7(4-2)13-9(12)6-8(10)11/h5H,3-4,6H2,1-2H3,(H,10,11). The van der Waals surface area contributed by atoms with Crippen LogP contribution in [0.5, 0.6) is 0 Å². The van der Waals surface area contributed by atoms with Crippen LogP contribution < -0.4 is 0 Å². The van der Waals surface area contributed by atoms with Crippen LogP contribution in [0, 0.1) is 0 Å². The summed E-state index contributed by atoms with van der Waals surface area (Å²) in [5.74, 6) is -1.35. The van der Waals surface area contributed by atoms with E-state index < -0.39 is 18.4 Å². The Morgan fingerprint density at radius 1 is 1.38 bits per heavy atom. The lowest BCUT2D eigenvalue weighted by Crippen LogP contribution is -2.10. The number of carbonyl (C=O) groups excluding carboxylic acids is 1. The van der Waals surface area contributed by atoms with Crippen molar-refractivity contribution in [1.29, 1.82) is 0 Å². The van der Waals surface area contributed by atoms with E-state index in [0.717, 1.165) is 6.42 Å². The molecule has 0 aliphatic rings. The number of hydrogen-bond donors (Lipinski definition) is 1. The Bertz CT molecular complexity index is 218. The fraction of sp³-hybridized carbons (Fsp3) is 0.556. The molecule has 0 radical (unpaired) electrons. The van der Waals surface area contributed by atoms with Crippen molar-refractivity contribution in [2.45, 2.75) is 33.1 Å². The first-order chi connectivity index (χ1) is 6.10. The lowest BCUT2D eigenvalue weighted by atomic mass is 10.3. The smallest absolute Gasteiger partial charge is 0.322 e. The lowest BCUT2D eigenvalue weighted by Gasteiger charge is -2.04. The average Bonchev–Trinajstić information content (AvgIpc) is 2.02. The van der Waals surface area contributed by atoms with Crippen LogP contribution >= 0.6 is 0 Å². The number of ether oxygens (including phenoxy) is 1. The van der Waals surface area contributed by atoms with Crippen molar-refractivity contribution in [1.82, 2.24) is 0 Å². The first-order valence-electron chi connectivity index (χ1n) is 4.21. The second kappa shape index (κ2) is 6.22. The molecule has 0 rings (SSSR count). The van der Waals surface area contributed by atoms with Crippen molar-refractivity contribution in [3.8, 4) is 0 Å². The maximum absolute atomic E-state index is 10.9. The molecule has 0 bridgehead atoms. The summed E-state index contributed by atoms with van der Waals surface area (Å²) < 4.78 is 4.79. The van der Waals surface area contributed by atoms with Crippen molar-refractivity contribution in [3.63, 3.8) is 0 Å². The van der Waals surface area contributed by atoms with E-state index in [1.54, 1.807) is 6.08 Å². The summed E-state index contributed by atoms with van der Waals surface area (Å²) in [5, 5.41) is 8.28. The molecule has 0 aromatic carbocycles. The van der Waals surface area contributed by atoms with Gasteiger partial charge in [-0.15, -0.1) is 0 Å². The predicted octanol–water partition coefficient (Wildman–Crippen LogP) is 1.71. The van der Waals surface area contributed by atoms with Crippen LogP contribution in [0.25, 0.3) is 0 Å². The summed E-state index contributed by atoms with van der Waals surface area (Å²) in [6, 6.07) is 0. The zero-order chi connectivity index (χ0) is 10.3. The van der Waals surface area contributed by atoms with Crippen LogP contribution in [-0.4, -0.2) is 17.0 Å². The first kappa shape index (κ1) is 11.7. The molecule has 0 saturated carbocycles. The minimum absolute atomic E-state index is 0.536. The Kier molecular flexibility index (Phi) is 5.59. The molecule has 13 heavy (non-hydrogen) atoms. The predicted molar refractivity (Wildman–Crippen MR) is 47.0 cm³/mol. The molecule has 1 N–H and O–H groups in total. The highest BCUT2D eigenvalue weighted by Gasteiger charge is 2.10. The van der Waals surface area contributed by atoms with Gasteiger partial charge in [-0.2, -0.15) is 0 Å². The van der Waals surface area contributed by atoms with Crippen LogP contribution in [-0.2, 0) is 14.3 Å². The van der Waals surface area contributed by atoms with Gasteiger partial charge in [0.05, 0.1) is 0 Å². The Hall–Kier alpha value is -1.32. The van der Waals surface area contributed by atoms with E-state index in [1.807, 2.05) is 13.8 Å². The Balaban J connectivity index is 4.02. The number of carboxylic acids is 1. The molecule has 0 fully saturated rings. The Labute approximate surface area is 77.2 Å². The molecule has 0 heterocycles. The van der Waals surface area contributed by atoms with Crippen molar-refractivity contribution in [3.05, 3.63) is 11.8 Å². The zero-order valence-electron chi connectivity index (χ0n) is 7.87. The molecule has 0 spiro atoms. The average molecular weight is 186 g/mol. The van der Waals surface area contributed by atoms with Crippen LogP contribution in [0.2, 0.25) is 0 Å². The molecule has 0 aromatic rings. The van der Waals surface area contributed by atoms with E-state index in [1.165, 1.54) is 0 Å². The van der Waals surface area contributed by atoms with Crippen molar-refractivity contribution >= 4 is 11.9 Å². The molecule has 0 aliphatic carbocycles. The summed E-state index contributed by atoms with van der Waals surface area (Å²) in [7, 11) is 0. The maximum atomic E-state index is 10.9. The third kappa shape index (κ3) is 5.90. The fourth-order valence-corrected chi connectivity index (χ4v) is 0.792. The minimum Gasteiger partial charge on any atom is -0.481 e. The Morgan fingerprint density at radius 3 is 2.38 bits per heavy atom. The van der Waals surface area contributed by atoms with Gasteiger partial charge in [0.15, 0.2) is 0 Å². The SMILES string of the molecule is CCC=C(CC)OC(=O)CC(=O)O. The molecule has 0 aromatic heterocycles. The highest BCUT2D eigenvalue weighted by atomic mass is 16.5. The van der Waals surface area contributed by atoms with Gasteiger partial charge >= 0.3 is 11.9 Å². The number of esters is 1. The van der Waals surface area contributed by atoms with Gasteiger partial charge in [-0.3, -0.25) is 9.59 Å². The summed E-state index contributed by atoms with van der Waals surface area (Å²) in [6.07, 6.45) is 2.55. The monoisotopic (exact) mass is 186 g/mol. The second-order valence-corrected chi connectivity index (χ2v) is 2.48. The molecule has 4 nitrogen and oxygen atoms in total. The zero-order valence-corrected chi connectivity index (χ0v) is 7.87. The van der Waals surface area contributed by atoms with Gasteiger partial charge in [-0.25, -0.2) is 0 Å². The third-order valence-electron chi connectivity index (χ3n) is 1.32. The van der Waals surface area contributed by atoms with Crippen molar-refractivity contribution in [2.75, 3.05) is 0 Å². The van der Waals surface area contributed by atoms with Gasteiger partial charge in [0.25, 0.3) is 0 Å². The van der Waals surface area contributed by atoms with E-state index in [-0.39, 0.29) is 0 Å². The van der Waals surface area contributed by atoms with Gasteiger partial charge in [-0.1, -0.05) is 13.8 Å². The molecule has 0 unspecified atom stereocenters. The second-order valence-electron chi connectivity index (χ2n) is 2.48. The molecule has 4 heteroatoms. The van der Waals surface area contributed by atoms with Gasteiger partial charge in [0.2, 0.25) is 0 Å². The summed E-state index contributed by atoms with van der Waals surface area (Å²) in [6.45, 7) is 3.76. The van der Waals surface area contributed by atoms with E-state index in [4.69, 9.17) is 9.84 Å². The summed E-state index contributed by atoms with van der Waals surface area (Å²) >= 11 is 0. The fourth-order valence-electron chi connectivity index (χ4n) is 0.792. The van der Waals surface area contributed by atoms with Crippen LogP contribution in [0.3, 0.4) is 0 Å². The Morgan fingerprint density at radius 2 is 2.00 bits per heavy atom. The number of hydrogen-bond acceptors (Lipinski definition) is 3. The largest absolute Gasteiger partial charge is 0.481 e. The summed E-state index contributed by atoms with van der Waals surface area (Å²) in [4.78, 5) is 21.0. The number of carbonyl (C=O) groups is 2. The molecular formula is C9H14O4. The van der Waals surface area contributed by atoms with Crippen molar-refractivity contribution < 1.29 is 19.4 Å². The van der Waals surface area contributed by atoms with Gasteiger partial charge in [0.1, 0.15) is 12.2 Å². The van der Waals surface area contributed by atoms with Gasteiger partial charge in [-0.05, 0) is 12.5 Å². The third-order valence-corrected chi connectivity index (χ3v) is 1.32. The molecule has 0 amide bonds. The van der Waals surface area contributed by atoms with E-state index in [0.29, 0.717) is 12.2 Å². The van der Waals surface area contributed by atoms with Crippen molar-refractivity contribution in [2.24, 2.45) is 0 Å². The first-order valence-corrected chi connectivity index (χ1v) is 4.21. The van der Waals surface area contributed by atoms with Crippen LogP contribution in [0.15, 0.2) is 11.8 Å².